The molecule has 0 spiro atoms. The lowest BCUT2D eigenvalue weighted by atomic mass is 9.99. The number of methoxy groups -OCH3 is 1. The van der Waals surface area contributed by atoms with Crippen molar-refractivity contribution < 1.29 is 18.3 Å². The number of benzene rings is 2. The molecule has 3 N–H and O–H groups in total. The number of nitrogens with one attached hydrogen (secondary N) is 3. The van der Waals surface area contributed by atoms with E-state index in [1.165, 1.54) is 36.3 Å². The highest BCUT2D eigenvalue weighted by Crippen LogP contribution is 2.29. The monoisotopic (exact) mass is 388 g/mol. The predicted molar refractivity (Wildman–Crippen MR) is 102 cm³/mol. The Hall–Kier alpha value is -2.71. The van der Waals surface area contributed by atoms with Crippen LogP contribution in [0.25, 0.3) is 0 Å². The Morgan fingerprint density at radius 2 is 1.89 bits per heavy atom. The van der Waals surface area contributed by atoms with Gasteiger partial charge in [0.2, 0.25) is 5.91 Å². The first-order valence-electron chi connectivity index (χ1n) is 9.23. The minimum absolute atomic E-state index is 0.0637. The maximum Gasteiger partial charge on any atom is 0.249 e. The second kappa shape index (κ2) is 7.73. The van der Waals surface area contributed by atoms with Gasteiger partial charge >= 0.3 is 0 Å². The van der Waals surface area contributed by atoms with Crippen LogP contribution in [0.15, 0.2) is 36.4 Å². The zero-order valence-corrected chi connectivity index (χ0v) is 15.5. The molecule has 8 heteroatoms. The number of amides is 1. The number of hydrazine groups is 1. The molecule has 4 rings (SSSR count). The Balaban J connectivity index is 1.49. The molecular formula is C20H22F2N4O2. The Morgan fingerprint density at radius 3 is 2.61 bits per heavy atom. The number of halogens is 2. The average Bonchev–Trinajstić information content (AvgIpc) is 3.34. The van der Waals surface area contributed by atoms with Crippen molar-refractivity contribution in [2.75, 3.05) is 37.0 Å². The van der Waals surface area contributed by atoms with E-state index in [-0.39, 0.29) is 23.3 Å². The predicted octanol–water partition coefficient (Wildman–Crippen LogP) is 2.38. The molecule has 0 aromatic heterocycles. The highest BCUT2D eigenvalue weighted by molar-refractivity contribution is 6.01. The fraction of sp³-hybridized carbons (Fsp3) is 0.350. The third kappa shape index (κ3) is 3.53. The molecule has 2 aromatic carbocycles. The van der Waals surface area contributed by atoms with Crippen LogP contribution in [0.4, 0.5) is 20.2 Å². The Labute approximate surface area is 161 Å². The van der Waals surface area contributed by atoms with Crippen LogP contribution >= 0.6 is 0 Å². The van der Waals surface area contributed by atoms with Gasteiger partial charge in [-0.1, -0.05) is 6.07 Å². The Morgan fingerprint density at radius 1 is 1.11 bits per heavy atom. The van der Waals surface area contributed by atoms with E-state index in [1.54, 1.807) is 12.1 Å². The van der Waals surface area contributed by atoms with Gasteiger partial charge in [-0.05, 0) is 36.2 Å². The molecule has 148 valence electrons. The summed E-state index contributed by atoms with van der Waals surface area (Å²) >= 11 is 0. The van der Waals surface area contributed by atoms with Crippen LogP contribution in [0.2, 0.25) is 0 Å². The summed E-state index contributed by atoms with van der Waals surface area (Å²) in [5, 5.41) is 2.95. The normalized spacial score (nSPS) is 20.0. The van der Waals surface area contributed by atoms with Gasteiger partial charge in [0.05, 0.1) is 12.8 Å². The lowest BCUT2D eigenvalue weighted by Gasteiger charge is -2.19. The zero-order valence-electron chi connectivity index (χ0n) is 15.5. The standard InChI is InChI=1S/C20H22F2N4O2/c1-28-14-3-5-16(21)19(9-14)25-18-6-7-26(20(18)27)13-2-4-15(17(22)8-13)12-10-23-24-11-12/h2-5,8-9,12,18,23-25H,6-7,10-11H2,1H3. The molecule has 1 amide bonds. The van der Waals surface area contributed by atoms with Crippen molar-refractivity contribution in [3.63, 3.8) is 0 Å². The summed E-state index contributed by atoms with van der Waals surface area (Å²) in [4.78, 5) is 14.3. The van der Waals surface area contributed by atoms with Crippen molar-refractivity contribution in [1.82, 2.24) is 10.9 Å². The molecular weight excluding hydrogens is 366 g/mol. The maximum atomic E-state index is 14.6. The second-order valence-corrected chi connectivity index (χ2v) is 6.99. The SMILES string of the molecule is COc1ccc(F)c(NC2CCN(c3ccc(C4CNNC4)c(F)c3)C2=O)c1. The number of carbonyl (C=O) groups excluding carboxylic acids is 1. The zero-order chi connectivity index (χ0) is 19.7. The van der Waals surface area contributed by atoms with E-state index in [4.69, 9.17) is 4.74 Å². The summed E-state index contributed by atoms with van der Waals surface area (Å²) in [7, 11) is 1.50. The third-order valence-electron chi connectivity index (χ3n) is 5.27. The molecule has 1 atom stereocenters. The molecule has 28 heavy (non-hydrogen) atoms. The number of nitrogens with zero attached hydrogens (tertiary/aromatic N) is 1. The maximum absolute atomic E-state index is 14.6. The topological polar surface area (TPSA) is 65.6 Å². The van der Waals surface area contributed by atoms with Crippen LogP contribution in [0.3, 0.4) is 0 Å². The van der Waals surface area contributed by atoms with E-state index in [0.29, 0.717) is 43.1 Å². The largest absolute Gasteiger partial charge is 0.497 e. The fourth-order valence-electron chi connectivity index (χ4n) is 3.70. The highest BCUT2D eigenvalue weighted by atomic mass is 19.1. The number of hydrogen-bond acceptors (Lipinski definition) is 5. The van der Waals surface area contributed by atoms with E-state index in [9.17, 15) is 13.6 Å². The van der Waals surface area contributed by atoms with E-state index >= 15 is 0 Å². The van der Waals surface area contributed by atoms with Crippen LogP contribution < -0.4 is 25.8 Å². The summed E-state index contributed by atoms with van der Waals surface area (Å²) in [6.45, 7) is 1.77. The van der Waals surface area contributed by atoms with Gasteiger partial charge < -0.3 is 15.0 Å². The van der Waals surface area contributed by atoms with Gasteiger partial charge in [-0.3, -0.25) is 15.6 Å². The van der Waals surface area contributed by atoms with Gasteiger partial charge in [0.15, 0.2) is 0 Å². The second-order valence-electron chi connectivity index (χ2n) is 6.99. The lowest BCUT2D eigenvalue weighted by Crippen LogP contribution is -2.33. The number of hydrogen-bond donors (Lipinski definition) is 3. The van der Waals surface area contributed by atoms with Gasteiger partial charge in [-0.15, -0.1) is 0 Å². The molecule has 0 bridgehead atoms. The van der Waals surface area contributed by atoms with Crippen molar-refractivity contribution in [3.05, 3.63) is 53.6 Å². The number of ether oxygens (including phenoxy) is 1. The van der Waals surface area contributed by atoms with Crippen molar-refractivity contribution in [1.29, 1.82) is 0 Å². The highest BCUT2D eigenvalue weighted by Gasteiger charge is 2.33. The van der Waals surface area contributed by atoms with E-state index in [1.807, 2.05) is 0 Å². The van der Waals surface area contributed by atoms with Crippen molar-refractivity contribution in [2.45, 2.75) is 18.4 Å². The smallest absolute Gasteiger partial charge is 0.249 e. The summed E-state index contributed by atoms with van der Waals surface area (Å²) in [6, 6.07) is 8.65. The summed E-state index contributed by atoms with van der Waals surface area (Å²) in [5.74, 6) is -0.426. The Bertz CT molecular complexity index is 887. The molecule has 2 aromatic rings. The third-order valence-corrected chi connectivity index (χ3v) is 5.27. The number of carbonyl (C=O) groups is 1. The van der Waals surface area contributed by atoms with E-state index < -0.39 is 11.9 Å². The van der Waals surface area contributed by atoms with Gasteiger partial charge in [-0.25, -0.2) is 8.78 Å². The van der Waals surface area contributed by atoms with Crippen LogP contribution in [-0.4, -0.2) is 38.7 Å². The first-order valence-corrected chi connectivity index (χ1v) is 9.23. The van der Waals surface area contributed by atoms with Gasteiger partial charge in [0.1, 0.15) is 23.4 Å². The van der Waals surface area contributed by atoms with Crippen molar-refractivity contribution in [3.8, 4) is 5.75 Å². The van der Waals surface area contributed by atoms with Gasteiger partial charge in [0.25, 0.3) is 0 Å². The van der Waals surface area contributed by atoms with E-state index in [2.05, 4.69) is 16.2 Å². The van der Waals surface area contributed by atoms with Crippen LogP contribution in [0.1, 0.15) is 17.9 Å². The summed E-state index contributed by atoms with van der Waals surface area (Å²) in [6.07, 6.45) is 0.495. The summed E-state index contributed by atoms with van der Waals surface area (Å²) in [5.41, 5.74) is 7.33. The molecule has 0 saturated carbocycles. The van der Waals surface area contributed by atoms with E-state index in [0.717, 1.165) is 0 Å². The van der Waals surface area contributed by atoms with Crippen molar-refractivity contribution >= 4 is 17.3 Å². The van der Waals surface area contributed by atoms with Crippen LogP contribution in [-0.2, 0) is 4.79 Å². The fourth-order valence-corrected chi connectivity index (χ4v) is 3.70. The quantitative estimate of drug-likeness (QED) is 0.734. The Kier molecular flexibility index (Phi) is 5.15. The first kappa shape index (κ1) is 18.6. The molecule has 6 nitrogen and oxygen atoms in total. The molecule has 2 aliphatic heterocycles. The molecule has 2 heterocycles. The van der Waals surface area contributed by atoms with Crippen LogP contribution in [0.5, 0.6) is 5.75 Å². The average molecular weight is 388 g/mol. The van der Waals surface area contributed by atoms with Crippen LogP contribution in [0, 0.1) is 11.6 Å². The molecule has 2 aliphatic rings. The molecule has 0 aliphatic carbocycles. The summed E-state index contributed by atoms with van der Waals surface area (Å²) < 4.78 is 33.7. The van der Waals surface area contributed by atoms with Gasteiger partial charge in [-0.2, -0.15) is 0 Å². The van der Waals surface area contributed by atoms with Gasteiger partial charge in [0, 0.05) is 37.3 Å². The lowest BCUT2D eigenvalue weighted by molar-refractivity contribution is -0.117. The number of rotatable bonds is 5. The van der Waals surface area contributed by atoms with Crippen molar-refractivity contribution in [2.24, 2.45) is 0 Å². The molecule has 2 fully saturated rings. The molecule has 2 saturated heterocycles. The first-order chi connectivity index (χ1) is 13.6. The molecule has 0 radical (unpaired) electrons. The minimum Gasteiger partial charge on any atom is -0.497 e. The molecule has 1 unspecified atom stereocenters. The number of anilines is 2. The minimum atomic E-state index is -0.576.